The number of halogens is 1. The number of ether oxygens (including phenoxy) is 2. The van der Waals surface area contributed by atoms with Crippen molar-refractivity contribution in [3.05, 3.63) is 51.5 Å². The minimum absolute atomic E-state index is 0.110. The molecule has 5 heteroatoms. The van der Waals surface area contributed by atoms with Gasteiger partial charge >= 0.3 is 0 Å². The number of carbonyl (C=O) groups is 1. The number of ketones is 1. The summed E-state index contributed by atoms with van der Waals surface area (Å²) in [6.07, 6.45) is 0. The number of hydrogen-bond donors (Lipinski definition) is 1. The number of methoxy groups -OCH3 is 2. The maximum Gasteiger partial charge on any atom is 0.193 e. The smallest absolute Gasteiger partial charge is 0.193 e. The van der Waals surface area contributed by atoms with Gasteiger partial charge in [-0.25, -0.2) is 0 Å². The van der Waals surface area contributed by atoms with Crippen LogP contribution in [0.25, 0.3) is 0 Å². The minimum Gasteiger partial charge on any atom is -0.493 e. The molecule has 0 aliphatic carbocycles. The van der Waals surface area contributed by atoms with Crippen LogP contribution in [0.3, 0.4) is 0 Å². The summed E-state index contributed by atoms with van der Waals surface area (Å²) in [7, 11) is 3.09. The lowest BCUT2D eigenvalue weighted by Gasteiger charge is -2.11. The first-order valence-electron chi connectivity index (χ1n) is 6.30. The molecule has 0 saturated heterocycles. The topological polar surface area (TPSA) is 61.5 Å². The minimum atomic E-state index is -0.110. The Morgan fingerprint density at radius 1 is 1.10 bits per heavy atom. The van der Waals surface area contributed by atoms with E-state index in [1.807, 2.05) is 6.92 Å². The normalized spacial score (nSPS) is 10.3. The van der Waals surface area contributed by atoms with Gasteiger partial charge in [0.1, 0.15) is 0 Å². The van der Waals surface area contributed by atoms with E-state index in [1.165, 1.54) is 7.11 Å². The Bertz CT molecular complexity index is 698. The number of hydrogen-bond acceptors (Lipinski definition) is 4. The lowest BCUT2D eigenvalue weighted by molar-refractivity contribution is 0.103. The van der Waals surface area contributed by atoms with Crippen molar-refractivity contribution in [3.63, 3.8) is 0 Å². The number of benzene rings is 2. The van der Waals surface area contributed by atoms with Crippen LogP contribution in [0.15, 0.2) is 34.8 Å². The molecule has 2 aromatic carbocycles. The Labute approximate surface area is 132 Å². The van der Waals surface area contributed by atoms with Gasteiger partial charge in [0.2, 0.25) is 0 Å². The largest absolute Gasteiger partial charge is 0.493 e. The van der Waals surface area contributed by atoms with Crippen molar-refractivity contribution in [1.82, 2.24) is 0 Å². The third-order valence-corrected chi connectivity index (χ3v) is 3.76. The summed E-state index contributed by atoms with van der Waals surface area (Å²) in [6, 6.07) is 8.63. The predicted octanol–water partition coefficient (Wildman–Crippen LogP) is 3.59. The van der Waals surface area contributed by atoms with Gasteiger partial charge in [0.05, 0.1) is 14.2 Å². The fourth-order valence-corrected chi connectivity index (χ4v) is 2.54. The van der Waals surface area contributed by atoms with Crippen LogP contribution in [0.1, 0.15) is 21.5 Å². The zero-order valence-electron chi connectivity index (χ0n) is 12.1. The van der Waals surface area contributed by atoms with Crippen LogP contribution in [-0.2, 0) is 0 Å². The summed E-state index contributed by atoms with van der Waals surface area (Å²) < 4.78 is 11.2. The van der Waals surface area contributed by atoms with Gasteiger partial charge in [-0.15, -0.1) is 0 Å². The van der Waals surface area contributed by atoms with Crippen LogP contribution in [0, 0.1) is 6.92 Å². The molecule has 21 heavy (non-hydrogen) atoms. The zero-order chi connectivity index (χ0) is 15.6. The van der Waals surface area contributed by atoms with E-state index < -0.39 is 0 Å². The number of anilines is 1. The Morgan fingerprint density at radius 3 is 2.38 bits per heavy atom. The van der Waals surface area contributed by atoms with Crippen molar-refractivity contribution in [3.8, 4) is 11.5 Å². The highest BCUT2D eigenvalue weighted by Gasteiger charge is 2.16. The molecule has 0 unspecified atom stereocenters. The maximum absolute atomic E-state index is 12.7. The van der Waals surface area contributed by atoms with Gasteiger partial charge in [-0.3, -0.25) is 4.79 Å². The number of nitrogen functional groups attached to an aromatic ring is 1. The SMILES string of the molecule is COc1ccc(C(=O)c2cc(Br)cc(N)c2C)cc1OC. The van der Waals surface area contributed by atoms with Gasteiger partial charge in [-0.1, -0.05) is 15.9 Å². The van der Waals surface area contributed by atoms with Crippen molar-refractivity contribution in [2.24, 2.45) is 0 Å². The van der Waals surface area contributed by atoms with Gasteiger partial charge in [-0.2, -0.15) is 0 Å². The molecule has 0 bridgehead atoms. The zero-order valence-corrected chi connectivity index (χ0v) is 13.7. The Balaban J connectivity index is 2.50. The Morgan fingerprint density at radius 2 is 1.76 bits per heavy atom. The van der Waals surface area contributed by atoms with Crippen molar-refractivity contribution in [1.29, 1.82) is 0 Å². The fourth-order valence-electron chi connectivity index (χ4n) is 2.07. The third kappa shape index (κ3) is 3.03. The van der Waals surface area contributed by atoms with Crippen molar-refractivity contribution in [2.75, 3.05) is 20.0 Å². The van der Waals surface area contributed by atoms with Gasteiger partial charge in [0.15, 0.2) is 17.3 Å². The molecule has 0 fully saturated rings. The van der Waals surface area contributed by atoms with Gasteiger partial charge in [-0.05, 0) is 42.8 Å². The standard InChI is InChI=1S/C16H16BrNO3/c1-9-12(7-11(17)8-13(9)18)16(19)10-4-5-14(20-2)15(6-10)21-3/h4-8H,18H2,1-3H3. The second kappa shape index (κ2) is 6.18. The first-order chi connectivity index (χ1) is 9.97. The van der Waals surface area contributed by atoms with Crippen molar-refractivity contribution in [2.45, 2.75) is 6.92 Å². The molecule has 2 rings (SSSR count). The second-order valence-electron chi connectivity index (χ2n) is 4.57. The average molecular weight is 350 g/mol. The van der Waals surface area contributed by atoms with Crippen LogP contribution < -0.4 is 15.2 Å². The second-order valence-corrected chi connectivity index (χ2v) is 5.48. The molecule has 110 valence electrons. The van der Waals surface area contributed by atoms with E-state index in [2.05, 4.69) is 15.9 Å². The molecule has 0 aliphatic rings. The van der Waals surface area contributed by atoms with Crippen LogP contribution >= 0.6 is 15.9 Å². The molecule has 0 spiro atoms. The quantitative estimate of drug-likeness (QED) is 0.676. The van der Waals surface area contributed by atoms with Crippen LogP contribution in [0.2, 0.25) is 0 Å². The number of nitrogens with two attached hydrogens (primary N) is 1. The molecule has 4 nitrogen and oxygen atoms in total. The molecule has 2 aromatic rings. The summed E-state index contributed by atoms with van der Waals surface area (Å²) in [4.78, 5) is 12.7. The van der Waals surface area contributed by atoms with Gasteiger partial charge in [0.25, 0.3) is 0 Å². The molecular formula is C16H16BrNO3. The third-order valence-electron chi connectivity index (χ3n) is 3.30. The highest BCUT2D eigenvalue weighted by atomic mass is 79.9. The molecule has 2 N–H and O–H groups in total. The van der Waals surface area contributed by atoms with E-state index in [9.17, 15) is 4.79 Å². The maximum atomic E-state index is 12.7. The van der Waals surface area contributed by atoms with E-state index in [4.69, 9.17) is 15.2 Å². The molecule has 0 aliphatic heterocycles. The van der Waals surface area contributed by atoms with E-state index in [0.29, 0.717) is 28.3 Å². The number of carbonyl (C=O) groups excluding carboxylic acids is 1. The lowest BCUT2D eigenvalue weighted by atomic mass is 9.98. The molecule has 0 heterocycles. The van der Waals surface area contributed by atoms with Gasteiger partial charge in [0, 0.05) is 21.3 Å². The molecule has 0 saturated carbocycles. The highest BCUT2D eigenvalue weighted by molar-refractivity contribution is 9.10. The summed E-state index contributed by atoms with van der Waals surface area (Å²) in [5.74, 6) is 0.991. The monoisotopic (exact) mass is 349 g/mol. The average Bonchev–Trinajstić information content (AvgIpc) is 2.49. The first-order valence-corrected chi connectivity index (χ1v) is 7.09. The van der Waals surface area contributed by atoms with Crippen molar-refractivity contribution >= 4 is 27.4 Å². The van der Waals surface area contributed by atoms with E-state index in [1.54, 1.807) is 37.4 Å². The Hall–Kier alpha value is -2.01. The molecule has 0 aromatic heterocycles. The van der Waals surface area contributed by atoms with Crippen LogP contribution in [0.4, 0.5) is 5.69 Å². The summed E-state index contributed by atoms with van der Waals surface area (Å²) in [6.45, 7) is 1.83. The fraction of sp³-hybridized carbons (Fsp3) is 0.188. The highest BCUT2D eigenvalue weighted by Crippen LogP contribution is 2.30. The van der Waals surface area contributed by atoms with Crippen LogP contribution in [0.5, 0.6) is 11.5 Å². The van der Waals surface area contributed by atoms with E-state index in [-0.39, 0.29) is 5.78 Å². The van der Waals surface area contributed by atoms with E-state index >= 15 is 0 Å². The molecule has 0 radical (unpaired) electrons. The number of rotatable bonds is 4. The van der Waals surface area contributed by atoms with E-state index in [0.717, 1.165) is 10.0 Å². The molecule has 0 atom stereocenters. The predicted molar refractivity (Wildman–Crippen MR) is 86.3 cm³/mol. The Kier molecular flexibility index (Phi) is 4.53. The summed E-state index contributed by atoms with van der Waals surface area (Å²) >= 11 is 3.36. The molecule has 0 amide bonds. The lowest BCUT2D eigenvalue weighted by Crippen LogP contribution is -2.06. The van der Waals surface area contributed by atoms with Crippen LogP contribution in [-0.4, -0.2) is 20.0 Å². The molecular weight excluding hydrogens is 334 g/mol. The first kappa shape index (κ1) is 15.4. The van der Waals surface area contributed by atoms with Gasteiger partial charge < -0.3 is 15.2 Å². The summed E-state index contributed by atoms with van der Waals surface area (Å²) in [5.41, 5.74) is 8.34. The van der Waals surface area contributed by atoms with Crippen molar-refractivity contribution < 1.29 is 14.3 Å². The summed E-state index contributed by atoms with van der Waals surface area (Å²) in [5, 5.41) is 0.